The lowest BCUT2D eigenvalue weighted by Crippen LogP contribution is -2.35. The van der Waals surface area contributed by atoms with Gasteiger partial charge in [0.25, 0.3) is 0 Å². The van der Waals surface area contributed by atoms with Gasteiger partial charge in [0, 0.05) is 18.6 Å². The highest BCUT2D eigenvalue weighted by Crippen LogP contribution is 2.23. The van der Waals surface area contributed by atoms with E-state index in [0.717, 1.165) is 18.5 Å². The molecule has 1 aliphatic heterocycles. The lowest BCUT2D eigenvalue weighted by atomic mass is 10.0. The van der Waals surface area contributed by atoms with Gasteiger partial charge in [0.05, 0.1) is 0 Å². The molecule has 1 N–H and O–H groups in total. The number of nitrogens with zero attached hydrogens (tertiary/aromatic N) is 1. The lowest BCUT2D eigenvalue weighted by molar-refractivity contribution is 0.233. The highest BCUT2D eigenvalue weighted by molar-refractivity contribution is 4.79. The smallest absolute Gasteiger partial charge is 0.00791 e. The van der Waals surface area contributed by atoms with Crippen molar-refractivity contribution in [2.75, 3.05) is 19.6 Å². The molecule has 1 heterocycles. The molecular weight excluding hydrogens is 196 g/mol. The van der Waals surface area contributed by atoms with E-state index in [4.69, 9.17) is 0 Å². The Kier molecular flexibility index (Phi) is 6.37. The Morgan fingerprint density at radius 3 is 2.69 bits per heavy atom. The van der Waals surface area contributed by atoms with Crippen molar-refractivity contribution in [3.05, 3.63) is 0 Å². The van der Waals surface area contributed by atoms with E-state index in [9.17, 15) is 0 Å². The maximum absolute atomic E-state index is 3.51. The van der Waals surface area contributed by atoms with Gasteiger partial charge in [-0.1, -0.05) is 27.2 Å². The van der Waals surface area contributed by atoms with Crippen LogP contribution in [0.4, 0.5) is 0 Å². The summed E-state index contributed by atoms with van der Waals surface area (Å²) in [6, 6.07) is 1.38. The quantitative estimate of drug-likeness (QED) is 0.718. The fourth-order valence-corrected chi connectivity index (χ4v) is 2.67. The van der Waals surface area contributed by atoms with Gasteiger partial charge < -0.3 is 10.2 Å². The molecule has 0 aromatic carbocycles. The molecule has 1 aliphatic rings. The van der Waals surface area contributed by atoms with Crippen LogP contribution in [0.1, 0.15) is 53.4 Å². The van der Waals surface area contributed by atoms with Gasteiger partial charge in [0.1, 0.15) is 0 Å². The third kappa shape index (κ3) is 4.84. The first-order valence-electron chi connectivity index (χ1n) is 7.11. The second-order valence-electron chi connectivity index (χ2n) is 5.68. The van der Waals surface area contributed by atoms with Crippen molar-refractivity contribution in [1.82, 2.24) is 10.2 Å². The Morgan fingerprint density at radius 2 is 2.06 bits per heavy atom. The molecule has 16 heavy (non-hydrogen) atoms. The van der Waals surface area contributed by atoms with Gasteiger partial charge in [-0.05, 0) is 45.2 Å². The molecule has 1 fully saturated rings. The van der Waals surface area contributed by atoms with Crippen LogP contribution in [0, 0.1) is 5.92 Å². The molecule has 2 atom stereocenters. The van der Waals surface area contributed by atoms with Crippen molar-refractivity contribution in [1.29, 1.82) is 0 Å². The molecule has 2 unspecified atom stereocenters. The minimum absolute atomic E-state index is 0.624. The van der Waals surface area contributed by atoms with Gasteiger partial charge in [-0.3, -0.25) is 0 Å². The molecule has 1 saturated heterocycles. The summed E-state index contributed by atoms with van der Waals surface area (Å²) in [4.78, 5) is 2.68. The SMILES string of the molecule is CCCC1CCN(C(C)CCNC(C)C)C1. The maximum Gasteiger partial charge on any atom is 0.00791 e. The number of likely N-dealkylation sites (tertiary alicyclic amines) is 1. The van der Waals surface area contributed by atoms with E-state index in [1.807, 2.05) is 0 Å². The number of nitrogens with one attached hydrogen (secondary N) is 1. The predicted molar refractivity (Wildman–Crippen MR) is 71.8 cm³/mol. The monoisotopic (exact) mass is 226 g/mol. The zero-order chi connectivity index (χ0) is 12.0. The summed E-state index contributed by atoms with van der Waals surface area (Å²) in [6.45, 7) is 13.0. The van der Waals surface area contributed by atoms with Crippen molar-refractivity contribution >= 4 is 0 Å². The third-order valence-electron chi connectivity index (χ3n) is 3.75. The van der Waals surface area contributed by atoms with E-state index in [1.54, 1.807) is 0 Å². The second kappa shape index (κ2) is 7.29. The van der Waals surface area contributed by atoms with Crippen LogP contribution in [0.25, 0.3) is 0 Å². The first kappa shape index (κ1) is 14.0. The van der Waals surface area contributed by atoms with Crippen LogP contribution < -0.4 is 5.32 Å². The molecule has 2 nitrogen and oxygen atoms in total. The molecule has 0 aromatic heterocycles. The van der Waals surface area contributed by atoms with Gasteiger partial charge in [0.2, 0.25) is 0 Å². The summed E-state index contributed by atoms with van der Waals surface area (Å²) in [7, 11) is 0. The van der Waals surface area contributed by atoms with Gasteiger partial charge in [-0.2, -0.15) is 0 Å². The highest BCUT2D eigenvalue weighted by atomic mass is 15.2. The van der Waals surface area contributed by atoms with Gasteiger partial charge in [-0.25, -0.2) is 0 Å². The van der Waals surface area contributed by atoms with Crippen molar-refractivity contribution in [2.24, 2.45) is 5.92 Å². The average Bonchev–Trinajstić information content (AvgIpc) is 2.66. The molecule has 0 spiro atoms. The van der Waals surface area contributed by atoms with Crippen LogP contribution in [0.2, 0.25) is 0 Å². The summed E-state index contributed by atoms with van der Waals surface area (Å²) in [6.07, 6.45) is 5.49. The van der Waals surface area contributed by atoms with Crippen LogP contribution in [0.15, 0.2) is 0 Å². The third-order valence-corrected chi connectivity index (χ3v) is 3.75. The lowest BCUT2D eigenvalue weighted by Gasteiger charge is -2.25. The molecule has 0 saturated carbocycles. The Hall–Kier alpha value is -0.0800. The second-order valence-corrected chi connectivity index (χ2v) is 5.68. The number of hydrogen-bond acceptors (Lipinski definition) is 2. The summed E-state index contributed by atoms with van der Waals surface area (Å²) in [5.74, 6) is 0.977. The van der Waals surface area contributed by atoms with Crippen molar-refractivity contribution in [3.8, 4) is 0 Å². The Bertz CT molecular complexity index is 180. The van der Waals surface area contributed by atoms with Crippen LogP contribution in [-0.4, -0.2) is 36.6 Å². The minimum atomic E-state index is 0.624. The highest BCUT2D eigenvalue weighted by Gasteiger charge is 2.24. The average molecular weight is 226 g/mol. The predicted octanol–water partition coefficient (Wildman–Crippen LogP) is 2.89. The molecule has 1 rings (SSSR count). The van der Waals surface area contributed by atoms with Crippen LogP contribution in [-0.2, 0) is 0 Å². The zero-order valence-electron chi connectivity index (χ0n) is 11.6. The largest absolute Gasteiger partial charge is 0.314 e. The Morgan fingerprint density at radius 1 is 1.31 bits per heavy atom. The number of rotatable bonds is 7. The van der Waals surface area contributed by atoms with Crippen LogP contribution in [0.5, 0.6) is 0 Å². The molecule has 96 valence electrons. The Labute approximate surface area is 102 Å². The van der Waals surface area contributed by atoms with Crippen LogP contribution in [0.3, 0.4) is 0 Å². The first-order chi connectivity index (χ1) is 7.63. The van der Waals surface area contributed by atoms with Crippen molar-refractivity contribution < 1.29 is 0 Å². The van der Waals surface area contributed by atoms with Crippen molar-refractivity contribution in [3.63, 3.8) is 0 Å². The van der Waals surface area contributed by atoms with Gasteiger partial charge >= 0.3 is 0 Å². The normalized spacial score (nSPS) is 24.2. The van der Waals surface area contributed by atoms with E-state index < -0.39 is 0 Å². The molecule has 0 aliphatic carbocycles. The van der Waals surface area contributed by atoms with Gasteiger partial charge in [-0.15, -0.1) is 0 Å². The maximum atomic E-state index is 3.51. The summed E-state index contributed by atoms with van der Waals surface area (Å²) in [5, 5.41) is 3.51. The molecule has 0 amide bonds. The number of hydrogen-bond donors (Lipinski definition) is 1. The van der Waals surface area contributed by atoms with Gasteiger partial charge in [0.15, 0.2) is 0 Å². The summed E-state index contributed by atoms with van der Waals surface area (Å²) in [5.41, 5.74) is 0. The fraction of sp³-hybridized carbons (Fsp3) is 1.00. The Balaban J connectivity index is 2.15. The fourth-order valence-electron chi connectivity index (χ4n) is 2.67. The van der Waals surface area contributed by atoms with E-state index in [-0.39, 0.29) is 0 Å². The minimum Gasteiger partial charge on any atom is -0.314 e. The van der Waals surface area contributed by atoms with E-state index in [2.05, 4.69) is 37.9 Å². The van der Waals surface area contributed by atoms with E-state index >= 15 is 0 Å². The van der Waals surface area contributed by atoms with E-state index in [0.29, 0.717) is 6.04 Å². The summed E-state index contributed by atoms with van der Waals surface area (Å²) < 4.78 is 0. The topological polar surface area (TPSA) is 15.3 Å². The molecule has 0 radical (unpaired) electrons. The first-order valence-corrected chi connectivity index (χ1v) is 7.11. The summed E-state index contributed by atoms with van der Waals surface area (Å²) >= 11 is 0. The van der Waals surface area contributed by atoms with Crippen LogP contribution >= 0.6 is 0 Å². The van der Waals surface area contributed by atoms with Crippen molar-refractivity contribution in [2.45, 2.75) is 65.5 Å². The molecule has 2 heteroatoms. The van der Waals surface area contributed by atoms with E-state index in [1.165, 1.54) is 38.8 Å². The molecule has 0 aromatic rings. The molecule has 0 bridgehead atoms. The molecular formula is C14H30N2. The standard InChI is InChI=1S/C14H30N2/c1-5-6-14-8-10-16(11-14)13(4)7-9-15-12(2)3/h12-15H,5-11H2,1-4H3. The zero-order valence-corrected chi connectivity index (χ0v) is 11.6.